The maximum atomic E-state index is 8.44. The first-order valence-corrected chi connectivity index (χ1v) is 11.6. The second kappa shape index (κ2) is 7.32. The van der Waals surface area contributed by atoms with Gasteiger partial charge in [0.2, 0.25) is 0 Å². The van der Waals surface area contributed by atoms with Crippen LogP contribution in [0.4, 0.5) is 0 Å². The van der Waals surface area contributed by atoms with Gasteiger partial charge < -0.3 is 0 Å². The number of hydrogen-bond donors (Lipinski definition) is 0. The summed E-state index contributed by atoms with van der Waals surface area (Å²) in [6.45, 7) is 11.1. The van der Waals surface area contributed by atoms with Crippen LogP contribution in [0.2, 0.25) is 0 Å². The zero-order chi connectivity index (χ0) is 22.6. The normalized spacial score (nSPS) is 12.5. The van der Waals surface area contributed by atoms with Crippen LogP contribution < -0.4 is 0 Å². The summed E-state index contributed by atoms with van der Waals surface area (Å²) in [5.74, 6) is 0. The number of thiophene rings is 1. The molecule has 1 nitrogen and oxygen atoms in total. The molecule has 0 amide bonds. The van der Waals surface area contributed by atoms with Gasteiger partial charge in [-0.05, 0) is 70.3 Å². The summed E-state index contributed by atoms with van der Waals surface area (Å²) in [7, 11) is 0. The van der Waals surface area contributed by atoms with Gasteiger partial charge in [0, 0.05) is 16.6 Å². The molecule has 2 heterocycles. The highest BCUT2D eigenvalue weighted by Crippen LogP contribution is 2.43. The molecule has 0 spiro atoms. The molecule has 0 aliphatic rings. The molecule has 2 heteroatoms. The van der Waals surface area contributed by atoms with E-state index < -0.39 is 0 Å². The average Bonchev–Trinajstić information content (AvgIpc) is 3.08. The molecular formula is C29H27NS. The largest absolute Gasteiger partial charge is 0.255 e. The predicted molar refractivity (Wildman–Crippen MR) is 136 cm³/mol. The van der Waals surface area contributed by atoms with Crippen LogP contribution in [0.5, 0.6) is 0 Å². The molecule has 0 fully saturated rings. The van der Waals surface area contributed by atoms with Gasteiger partial charge in [-0.25, -0.2) is 0 Å². The van der Waals surface area contributed by atoms with Gasteiger partial charge in [-0.1, -0.05) is 74.9 Å². The van der Waals surface area contributed by atoms with Crippen molar-refractivity contribution in [3.63, 3.8) is 0 Å². The first-order valence-electron chi connectivity index (χ1n) is 11.2. The third kappa shape index (κ3) is 3.45. The topological polar surface area (TPSA) is 12.9 Å². The van der Waals surface area contributed by atoms with Gasteiger partial charge in [-0.3, -0.25) is 4.98 Å². The summed E-state index contributed by atoms with van der Waals surface area (Å²) in [6, 6.07) is 23.7. The highest BCUT2D eigenvalue weighted by molar-refractivity contribution is 7.23. The lowest BCUT2D eigenvalue weighted by Crippen LogP contribution is -2.12. The Morgan fingerprint density at radius 2 is 1.58 bits per heavy atom. The molecule has 0 saturated carbocycles. The van der Waals surface area contributed by atoms with Crippen LogP contribution in [-0.2, 0) is 5.41 Å². The lowest BCUT2D eigenvalue weighted by atomic mass is 9.82. The molecule has 0 atom stereocenters. The van der Waals surface area contributed by atoms with Crippen LogP contribution >= 0.6 is 11.3 Å². The maximum Gasteiger partial charge on any atom is 0.0880 e. The van der Waals surface area contributed by atoms with Crippen molar-refractivity contribution < 1.29 is 1.37 Å². The monoisotopic (exact) mass is 422 g/mol. The summed E-state index contributed by atoms with van der Waals surface area (Å²) in [5.41, 5.74) is 7.02. The molecule has 0 saturated heterocycles. The Labute approximate surface area is 189 Å². The number of fused-ring (bicyclic) bond motifs is 2. The molecule has 2 aromatic heterocycles. The van der Waals surface area contributed by atoms with Crippen molar-refractivity contribution in [3.05, 3.63) is 89.6 Å². The zero-order valence-corrected chi connectivity index (χ0v) is 19.5. The van der Waals surface area contributed by atoms with E-state index in [2.05, 4.69) is 95.3 Å². The van der Waals surface area contributed by atoms with Crippen LogP contribution in [0, 0.1) is 13.8 Å². The highest BCUT2D eigenvalue weighted by atomic mass is 32.1. The molecule has 3 aromatic carbocycles. The predicted octanol–water partition coefficient (Wildman–Crippen LogP) is 8.70. The van der Waals surface area contributed by atoms with E-state index in [0.29, 0.717) is 6.17 Å². The average molecular weight is 423 g/mol. The van der Waals surface area contributed by atoms with E-state index in [1.807, 2.05) is 6.07 Å². The number of pyridine rings is 1. The van der Waals surface area contributed by atoms with Crippen molar-refractivity contribution in [1.82, 2.24) is 4.98 Å². The van der Waals surface area contributed by atoms with Gasteiger partial charge in [0.1, 0.15) is 0 Å². The lowest BCUT2D eigenvalue weighted by molar-refractivity contribution is 0.596. The Balaban J connectivity index is 1.81. The Bertz CT molecular complexity index is 1470. The molecular weight excluding hydrogens is 394 g/mol. The summed E-state index contributed by atoms with van der Waals surface area (Å²) in [4.78, 5) is 6.00. The second-order valence-corrected chi connectivity index (χ2v) is 10.4. The Hall–Kier alpha value is -2.97. The molecule has 0 radical (unpaired) electrons. The molecule has 0 aliphatic heterocycles. The number of aromatic nitrogens is 1. The SMILES string of the molecule is [2H]c1cc2c(C)c(-c3ccc(C)cc3)sc2c(-c2cc(C(C)(C)C)c3ccccc3c2)n1. The van der Waals surface area contributed by atoms with Crippen molar-refractivity contribution in [2.75, 3.05) is 0 Å². The van der Waals surface area contributed by atoms with Crippen LogP contribution in [0.1, 0.15) is 38.8 Å². The molecule has 31 heavy (non-hydrogen) atoms. The fraction of sp³-hybridized carbons (Fsp3) is 0.207. The van der Waals surface area contributed by atoms with Crippen LogP contribution in [0.25, 0.3) is 42.6 Å². The summed E-state index contributed by atoms with van der Waals surface area (Å²) < 4.78 is 9.60. The summed E-state index contributed by atoms with van der Waals surface area (Å²) >= 11 is 1.79. The van der Waals surface area contributed by atoms with Gasteiger partial charge in [0.25, 0.3) is 0 Å². The number of rotatable bonds is 2. The van der Waals surface area contributed by atoms with Gasteiger partial charge >= 0.3 is 0 Å². The first kappa shape index (κ1) is 18.8. The van der Waals surface area contributed by atoms with Crippen molar-refractivity contribution in [3.8, 4) is 21.7 Å². The van der Waals surface area contributed by atoms with Crippen LogP contribution in [-0.4, -0.2) is 4.98 Å². The van der Waals surface area contributed by atoms with Gasteiger partial charge in [-0.2, -0.15) is 0 Å². The van der Waals surface area contributed by atoms with E-state index in [0.717, 1.165) is 21.3 Å². The lowest BCUT2D eigenvalue weighted by Gasteiger charge is -2.22. The molecule has 5 aromatic rings. The standard InChI is InChI=1S/C29H27NS/c1-18-10-12-20(13-11-18)27-19(2)23-14-15-30-26(28(23)31-27)22-16-21-8-6-7-9-24(21)25(17-22)29(3,4)5/h6-17H,1-5H3/i15D. The summed E-state index contributed by atoms with van der Waals surface area (Å²) in [6.07, 6.45) is 0.314. The maximum absolute atomic E-state index is 8.44. The van der Waals surface area contributed by atoms with Crippen molar-refractivity contribution in [2.24, 2.45) is 0 Å². The van der Waals surface area contributed by atoms with Crippen molar-refractivity contribution >= 4 is 32.2 Å². The van der Waals surface area contributed by atoms with Gasteiger partial charge in [0.05, 0.1) is 11.8 Å². The van der Waals surface area contributed by atoms with Gasteiger partial charge in [0.15, 0.2) is 0 Å². The number of hydrogen-bond acceptors (Lipinski definition) is 2. The third-order valence-electron chi connectivity index (χ3n) is 6.05. The van der Waals surface area contributed by atoms with E-state index in [1.165, 1.54) is 37.9 Å². The van der Waals surface area contributed by atoms with E-state index in [9.17, 15) is 0 Å². The first-order chi connectivity index (χ1) is 15.2. The minimum atomic E-state index is 0.00568. The Morgan fingerprint density at radius 1 is 0.839 bits per heavy atom. The second-order valence-electron chi connectivity index (χ2n) is 9.39. The smallest absolute Gasteiger partial charge is 0.0880 e. The number of nitrogens with zero attached hydrogens (tertiary/aromatic N) is 1. The number of aryl methyl sites for hydroxylation is 2. The van der Waals surface area contributed by atoms with E-state index in [1.54, 1.807) is 11.3 Å². The molecule has 0 aliphatic carbocycles. The fourth-order valence-electron chi connectivity index (χ4n) is 4.33. The number of benzene rings is 3. The van der Waals surface area contributed by atoms with E-state index in [-0.39, 0.29) is 5.41 Å². The zero-order valence-electron chi connectivity index (χ0n) is 19.7. The molecule has 0 N–H and O–H groups in total. The minimum absolute atomic E-state index is 0.00568. The van der Waals surface area contributed by atoms with Gasteiger partial charge in [-0.15, -0.1) is 11.3 Å². The molecule has 0 bridgehead atoms. The van der Waals surface area contributed by atoms with E-state index >= 15 is 0 Å². The third-order valence-corrected chi connectivity index (χ3v) is 7.41. The van der Waals surface area contributed by atoms with Crippen LogP contribution in [0.3, 0.4) is 0 Å². The highest BCUT2D eigenvalue weighted by Gasteiger charge is 2.20. The Morgan fingerprint density at radius 3 is 2.32 bits per heavy atom. The van der Waals surface area contributed by atoms with Crippen molar-refractivity contribution in [1.29, 1.82) is 0 Å². The fourth-order valence-corrected chi connectivity index (χ4v) is 5.64. The quantitative estimate of drug-likeness (QED) is 0.277. The van der Waals surface area contributed by atoms with E-state index in [4.69, 9.17) is 6.35 Å². The summed E-state index contributed by atoms with van der Waals surface area (Å²) in [5, 5.41) is 3.63. The van der Waals surface area contributed by atoms with Crippen molar-refractivity contribution in [2.45, 2.75) is 40.0 Å². The molecule has 154 valence electrons. The van der Waals surface area contributed by atoms with Crippen LogP contribution in [0.15, 0.2) is 72.9 Å². The minimum Gasteiger partial charge on any atom is -0.255 e. The Kier molecular flexibility index (Phi) is 4.43. The molecule has 0 unspecified atom stereocenters. The molecule has 5 rings (SSSR count).